The first-order valence-electron chi connectivity index (χ1n) is 5.52. The van der Waals surface area contributed by atoms with E-state index in [1.54, 1.807) is 24.9 Å². The van der Waals surface area contributed by atoms with Gasteiger partial charge in [0.1, 0.15) is 17.1 Å². The number of carbonyl (C=O) groups excluding carboxylic acids is 2. The zero-order valence-corrected chi connectivity index (χ0v) is 11.2. The van der Waals surface area contributed by atoms with Gasteiger partial charge in [-0.05, 0) is 6.92 Å². The molecule has 0 saturated heterocycles. The molecule has 19 heavy (non-hydrogen) atoms. The van der Waals surface area contributed by atoms with Gasteiger partial charge < -0.3 is 10.1 Å². The van der Waals surface area contributed by atoms with E-state index < -0.39 is 11.9 Å². The van der Waals surface area contributed by atoms with Crippen LogP contribution in [0.5, 0.6) is 0 Å². The van der Waals surface area contributed by atoms with Gasteiger partial charge in [0.25, 0.3) is 5.91 Å². The Morgan fingerprint density at radius 2 is 2.32 bits per heavy atom. The molecule has 0 fully saturated rings. The third-order valence-electron chi connectivity index (χ3n) is 2.33. The Labute approximate surface area is 113 Å². The molecule has 0 aliphatic rings. The number of nitrogens with one attached hydrogen (secondary N) is 1. The maximum Gasteiger partial charge on any atom is 0.343 e. The van der Waals surface area contributed by atoms with Crippen molar-refractivity contribution in [3.05, 3.63) is 28.3 Å². The highest BCUT2D eigenvalue weighted by Gasteiger charge is 2.20. The standard InChI is InChI=1S/C11H12N4O3S/c1-3-18-11(17)7-4-13-15(2)9(7)14-10(16)8-5-19-6-12-8/h4-6H,3H2,1-2H3,(H,14,16). The van der Waals surface area contributed by atoms with Crippen molar-refractivity contribution in [3.63, 3.8) is 0 Å². The Morgan fingerprint density at radius 1 is 1.53 bits per heavy atom. The van der Waals surface area contributed by atoms with E-state index >= 15 is 0 Å². The minimum atomic E-state index is -0.524. The molecule has 7 nitrogen and oxygen atoms in total. The number of carbonyl (C=O) groups is 2. The number of anilines is 1. The summed E-state index contributed by atoms with van der Waals surface area (Å²) in [7, 11) is 1.62. The summed E-state index contributed by atoms with van der Waals surface area (Å²) >= 11 is 1.32. The number of esters is 1. The fourth-order valence-electron chi connectivity index (χ4n) is 1.44. The lowest BCUT2D eigenvalue weighted by Crippen LogP contribution is -2.17. The third kappa shape index (κ3) is 2.79. The lowest BCUT2D eigenvalue weighted by Gasteiger charge is -2.06. The van der Waals surface area contributed by atoms with Crippen LogP contribution in [0.1, 0.15) is 27.8 Å². The summed E-state index contributed by atoms with van der Waals surface area (Å²) in [6, 6.07) is 0. The van der Waals surface area contributed by atoms with Crippen molar-refractivity contribution in [1.82, 2.24) is 14.8 Å². The smallest absolute Gasteiger partial charge is 0.343 e. The first-order valence-corrected chi connectivity index (χ1v) is 6.46. The molecule has 2 rings (SSSR count). The fraction of sp³-hybridized carbons (Fsp3) is 0.273. The topological polar surface area (TPSA) is 86.1 Å². The van der Waals surface area contributed by atoms with Crippen molar-refractivity contribution in [1.29, 1.82) is 0 Å². The molecule has 1 amide bonds. The maximum atomic E-state index is 11.9. The van der Waals surface area contributed by atoms with Gasteiger partial charge in [0, 0.05) is 12.4 Å². The summed E-state index contributed by atoms with van der Waals surface area (Å²) in [6.07, 6.45) is 1.36. The third-order valence-corrected chi connectivity index (χ3v) is 2.92. The number of thiazole rings is 1. The minimum Gasteiger partial charge on any atom is -0.462 e. The van der Waals surface area contributed by atoms with Gasteiger partial charge >= 0.3 is 5.97 Å². The molecular weight excluding hydrogens is 268 g/mol. The van der Waals surface area contributed by atoms with Gasteiger partial charge in [0.2, 0.25) is 0 Å². The highest BCUT2D eigenvalue weighted by molar-refractivity contribution is 7.07. The Morgan fingerprint density at radius 3 is 2.95 bits per heavy atom. The number of aryl methyl sites for hydroxylation is 1. The van der Waals surface area contributed by atoms with Crippen LogP contribution >= 0.6 is 11.3 Å². The Hall–Kier alpha value is -2.22. The number of rotatable bonds is 4. The molecule has 0 aromatic carbocycles. The molecule has 100 valence electrons. The van der Waals surface area contributed by atoms with E-state index in [1.807, 2.05) is 0 Å². The number of hydrogen-bond acceptors (Lipinski definition) is 6. The molecule has 0 aliphatic heterocycles. The van der Waals surface area contributed by atoms with Crippen molar-refractivity contribution in [2.45, 2.75) is 6.92 Å². The van der Waals surface area contributed by atoms with Crippen LogP contribution in [-0.2, 0) is 11.8 Å². The van der Waals surface area contributed by atoms with Crippen LogP contribution in [0.15, 0.2) is 17.1 Å². The maximum absolute atomic E-state index is 11.9. The van der Waals surface area contributed by atoms with Crippen molar-refractivity contribution in [3.8, 4) is 0 Å². The molecule has 0 atom stereocenters. The number of nitrogens with zero attached hydrogens (tertiary/aromatic N) is 3. The molecule has 0 bridgehead atoms. The van der Waals surface area contributed by atoms with Crippen molar-refractivity contribution in [2.24, 2.45) is 7.05 Å². The van der Waals surface area contributed by atoms with Crippen LogP contribution in [-0.4, -0.2) is 33.2 Å². The summed E-state index contributed by atoms with van der Waals surface area (Å²) < 4.78 is 6.30. The van der Waals surface area contributed by atoms with Gasteiger partial charge in [-0.3, -0.25) is 9.48 Å². The second-order valence-corrected chi connectivity index (χ2v) is 4.30. The van der Waals surface area contributed by atoms with Crippen LogP contribution in [0.2, 0.25) is 0 Å². The van der Waals surface area contributed by atoms with Crippen LogP contribution in [0, 0.1) is 0 Å². The fourth-order valence-corrected chi connectivity index (χ4v) is 1.97. The van der Waals surface area contributed by atoms with Crippen LogP contribution < -0.4 is 5.32 Å². The summed E-state index contributed by atoms with van der Waals surface area (Å²) in [5.74, 6) is -0.629. The number of aromatic nitrogens is 3. The Balaban J connectivity index is 2.22. The lowest BCUT2D eigenvalue weighted by atomic mass is 10.3. The highest BCUT2D eigenvalue weighted by Crippen LogP contribution is 2.16. The number of hydrogen-bond donors (Lipinski definition) is 1. The summed E-state index contributed by atoms with van der Waals surface area (Å²) in [5.41, 5.74) is 2.07. The van der Waals surface area contributed by atoms with E-state index in [2.05, 4.69) is 15.4 Å². The largest absolute Gasteiger partial charge is 0.462 e. The molecule has 2 aromatic heterocycles. The predicted molar refractivity (Wildman–Crippen MR) is 69.2 cm³/mol. The summed E-state index contributed by atoms with van der Waals surface area (Å²) in [6.45, 7) is 1.97. The minimum absolute atomic E-state index is 0.216. The average molecular weight is 280 g/mol. The van der Waals surface area contributed by atoms with Gasteiger partial charge in [0.15, 0.2) is 0 Å². The lowest BCUT2D eigenvalue weighted by molar-refractivity contribution is 0.0527. The molecule has 2 aromatic rings. The van der Waals surface area contributed by atoms with Gasteiger partial charge in [-0.25, -0.2) is 9.78 Å². The second-order valence-electron chi connectivity index (χ2n) is 3.58. The average Bonchev–Trinajstić information content (AvgIpc) is 3.01. The van der Waals surface area contributed by atoms with Gasteiger partial charge in [0.05, 0.1) is 18.3 Å². The first-order chi connectivity index (χ1) is 9.13. The quantitative estimate of drug-likeness (QED) is 0.853. The molecular formula is C11H12N4O3S. The van der Waals surface area contributed by atoms with E-state index in [0.29, 0.717) is 5.69 Å². The normalized spacial score (nSPS) is 10.2. The molecule has 2 heterocycles. The van der Waals surface area contributed by atoms with E-state index in [9.17, 15) is 9.59 Å². The molecule has 0 radical (unpaired) electrons. The second kappa shape index (κ2) is 5.61. The predicted octanol–water partition coefficient (Wildman–Crippen LogP) is 1.31. The van der Waals surface area contributed by atoms with E-state index in [1.165, 1.54) is 22.2 Å². The first kappa shape index (κ1) is 13.2. The Bertz CT molecular complexity index is 591. The zero-order valence-electron chi connectivity index (χ0n) is 10.4. The van der Waals surface area contributed by atoms with Gasteiger partial charge in [-0.2, -0.15) is 5.10 Å². The van der Waals surface area contributed by atoms with Crippen molar-refractivity contribution < 1.29 is 14.3 Å². The van der Waals surface area contributed by atoms with Crippen LogP contribution in [0.4, 0.5) is 5.82 Å². The SMILES string of the molecule is CCOC(=O)c1cnn(C)c1NC(=O)c1cscn1. The molecule has 0 saturated carbocycles. The van der Waals surface area contributed by atoms with Gasteiger partial charge in [-0.1, -0.05) is 0 Å². The molecule has 0 spiro atoms. The van der Waals surface area contributed by atoms with Gasteiger partial charge in [-0.15, -0.1) is 11.3 Å². The monoisotopic (exact) mass is 280 g/mol. The molecule has 1 N–H and O–H groups in total. The van der Waals surface area contributed by atoms with E-state index in [-0.39, 0.29) is 18.0 Å². The number of amides is 1. The molecule has 8 heteroatoms. The highest BCUT2D eigenvalue weighted by atomic mass is 32.1. The zero-order chi connectivity index (χ0) is 13.8. The van der Waals surface area contributed by atoms with Crippen molar-refractivity contribution >= 4 is 29.0 Å². The molecule has 0 unspecified atom stereocenters. The summed E-state index contributed by atoms with van der Waals surface area (Å²) in [4.78, 5) is 27.5. The molecule has 0 aliphatic carbocycles. The number of ether oxygens (including phenoxy) is 1. The van der Waals surface area contributed by atoms with E-state index in [0.717, 1.165) is 0 Å². The summed E-state index contributed by atoms with van der Waals surface area (Å²) in [5, 5.41) is 8.16. The Kier molecular flexibility index (Phi) is 3.91. The van der Waals surface area contributed by atoms with Crippen LogP contribution in [0.3, 0.4) is 0 Å². The van der Waals surface area contributed by atoms with E-state index in [4.69, 9.17) is 4.74 Å². The van der Waals surface area contributed by atoms with Crippen molar-refractivity contribution in [2.75, 3.05) is 11.9 Å². The van der Waals surface area contributed by atoms with Crippen LogP contribution in [0.25, 0.3) is 0 Å².